The maximum absolute atomic E-state index is 13.2. The number of hydrogen-bond donors (Lipinski definition) is 0. The molecule has 0 fully saturated rings. The number of methoxy groups -OCH3 is 1. The Balaban J connectivity index is 2.45. The van der Waals surface area contributed by atoms with E-state index in [1.54, 1.807) is 51.2 Å². The first-order valence-electron chi connectivity index (χ1n) is 9.28. The lowest BCUT2D eigenvalue weighted by Crippen LogP contribution is -2.31. The highest BCUT2D eigenvalue weighted by atomic mass is 32.2. The molecule has 0 amide bonds. The van der Waals surface area contributed by atoms with Gasteiger partial charge in [0.05, 0.1) is 28.5 Å². The van der Waals surface area contributed by atoms with E-state index in [0.717, 1.165) is 6.07 Å². The molecule has 1 atom stereocenters. The van der Waals surface area contributed by atoms with Crippen LogP contribution in [0.2, 0.25) is 0 Å². The second-order valence-electron chi connectivity index (χ2n) is 6.72. The van der Waals surface area contributed by atoms with Crippen LogP contribution in [-0.2, 0) is 19.6 Å². The van der Waals surface area contributed by atoms with Crippen LogP contribution in [0.3, 0.4) is 0 Å². The largest absolute Gasteiger partial charge is 0.469 e. The summed E-state index contributed by atoms with van der Waals surface area (Å²) in [5, 5.41) is 11.7. The zero-order valence-electron chi connectivity index (χ0n) is 17.3. The van der Waals surface area contributed by atoms with E-state index in [4.69, 9.17) is 0 Å². The normalized spacial score (nSPS) is 12.1. The molecule has 2 rings (SSSR count). The van der Waals surface area contributed by atoms with Crippen molar-refractivity contribution in [1.29, 1.82) is 0 Å². The molecule has 0 bridgehead atoms. The average Bonchev–Trinajstić information content (AvgIpc) is 2.73. The molecule has 30 heavy (non-hydrogen) atoms. The van der Waals surface area contributed by atoms with E-state index in [0.29, 0.717) is 5.69 Å². The Morgan fingerprint density at radius 1 is 1.20 bits per heavy atom. The van der Waals surface area contributed by atoms with Gasteiger partial charge >= 0.3 is 5.97 Å². The first kappa shape index (κ1) is 23.1. The number of benzene rings is 2. The topological polar surface area (TPSA) is 110 Å². The highest BCUT2D eigenvalue weighted by Gasteiger charge is 2.28. The molecule has 0 saturated carbocycles. The number of esters is 1. The van der Waals surface area contributed by atoms with Gasteiger partial charge in [0.15, 0.2) is 0 Å². The van der Waals surface area contributed by atoms with Crippen LogP contribution in [0.25, 0.3) is 0 Å². The first-order valence-corrected chi connectivity index (χ1v) is 10.7. The van der Waals surface area contributed by atoms with Crippen molar-refractivity contribution in [3.63, 3.8) is 0 Å². The van der Waals surface area contributed by atoms with Crippen LogP contribution >= 0.6 is 0 Å². The van der Waals surface area contributed by atoms with Crippen molar-refractivity contribution >= 4 is 33.1 Å². The quantitative estimate of drug-likeness (QED) is 0.338. The van der Waals surface area contributed by atoms with Crippen LogP contribution in [0.5, 0.6) is 0 Å². The summed E-state index contributed by atoms with van der Waals surface area (Å²) in [6, 6.07) is 12.3. The summed E-state index contributed by atoms with van der Waals surface area (Å²) >= 11 is 0. The van der Waals surface area contributed by atoms with Gasteiger partial charge in [0.2, 0.25) is 0 Å². The second kappa shape index (κ2) is 9.57. The molecule has 0 aromatic heterocycles. The van der Waals surface area contributed by atoms with E-state index in [1.807, 2.05) is 0 Å². The highest BCUT2D eigenvalue weighted by Crippen LogP contribution is 2.33. The van der Waals surface area contributed by atoms with E-state index in [1.165, 1.54) is 28.4 Å². The predicted molar refractivity (Wildman–Crippen MR) is 114 cm³/mol. The van der Waals surface area contributed by atoms with Crippen molar-refractivity contribution in [3.8, 4) is 0 Å². The van der Waals surface area contributed by atoms with Crippen molar-refractivity contribution in [3.05, 3.63) is 58.6 Å². The van der Waals surface area contributed by atoms with Gasteiger partial charge < -0.3 is 9.64 Å². The number of nitro groups is 1. The van der Waals surface area contributed by atoms with E-state index in [-0.39, 0.29) is 29.4 Å². The van der Waals surface area contributed by atoms with E-state index < -0.39 is 26.8 Å². The van der Waals surface area contributed by atoms with Gasteiger partial charge in [0.1, 0.15) is 5.69 Å². The van der Waals surface area contributed by atoms with Crippen LogP contribution in [-0.4, -0.2) is 46.6 Å². The molecule has 0 aliphatic heterocycles. The smallest absolute Gasteiger partial charge is 0.310 e. The maximum atomic E-state index is 13.2. The van der Waals surface area contributed by atoms with Crippen molar-refractivity contribution in [1.82, 2.24) is 0 Å². The molecular weight excluding hydrogens is 410 g/mol. The Kier molecular flexibility index (Phi) is 7.38. The van der Waals surface area contributed by atoms with Crippen molar-refractivity contribution in [2.24, 2.45) is 5.92 Å². The fraction of sp³-hybridized carbons (Fsp3) is 0.350. The molecule has 0 spiro atoms. The SMILES string of the molecule is CCN(c1ccccc1)S(=O)(=O)c1ccc(N(C)CC(C)C(=O)OC)c([N+](=O)[O-])c1. The third kappa shape index (κ3) is 4.88. The molecule has 9 nitrogen and oxygen atoms in total. The van der Waals surface area contributed by atoms with Crippen LogP contribution in [0, 0.1) is 16.0 Å². The lowest BCUT2D eigenvalue weighted by molar-refractivity contribution is -0.384. The molecule has 0 aliphatic rings. The van der Waals surface area contributed by atoms with E-state index in [9.17, 15) is 23.3 Å². The molecular formula is C20H25N3O6S. The number of rotatable bonds is 9. The Morgan fingerprint density at radius 3 is 2.37 bits per heavy atom. The second-order valence-corrected chi connectivity index (χ2v) is 8.58. The number of ether oxygens (including phenoxy) is 1. The van der Waals surface area contributed by atoms with Crippen LogP contribution in [0.1, 0.15) is 13.8 Å². The molecule has 2 aromatic carbocycles. The third-order valence-corrected chi connectivity index (χ3v) is 6.52. The van der Waals surface area contributed by atoms with Gasteiger partial charge in [-0.05, 0) is 31.2 Å². The number of sulfonamides is 1. The fourth-order valence-corrected chi connectivity index (χ4v) is 4.62. The molecule has 10 heteroatoms. The molecule has 0 aliphatic carbocycles. The van der Waals surface area contributed by atoms with Crippen LogP contribution < -0.4 is 9.21 Å². The summed E-state index contributed by atoms with van der Waals surface area (Å²) in [6.45, 7) is 3.67. The predicted octanol–water partition coefficient (Wildman–Crippen LogP) is 3.06. The minimum absolute atomic E-state index is 0.165. The summed E-state index contributed by atoms with van der Waals surface area (Å²) < 4.78 is 32.2. The molecule has 0 saturated heterocycles. The maximum Gasteiger partial charge on any atom is 0.310 e. The van der Waals surface area contributed by atoms with Gasteiger partial charge in [-0.1, -0.05) is 25.1 Å². The summed E-state index contributed by atoms with van der Waals surface area (Å²) in [5.41, 5.74) is 0.313. The van der Waals surface area contributed by atoms with Gasteiger partial charge in [-0.15, -0.1) is 0 Å². The summed E-state index contributed by atoms with van der Waals surface area (Å²) in [6.07, 6.45) is 0. The minimum Gasteiger partial charge on any atom is -0.469 e. The molecule has 2 aromatic rings. The lowest BCUT2D eigenvalue weighted by atomic mass is 10.1. The van der Waals surface area contributed by atoms with Gasteiger partial charge in [0, 0.05) is 26.2 Å². The number of para-hydroxylation sites is 1. The van der Waals surface area contributed by atoms with Crippen molar-refractivity contribution < 1.29 is 22.9 Å². The van der Waals surface area contributed by atoms with Gasteiger partial charge in [-0.25, -0.2) is 8.42 Å². The number of nitro benzene ring substituents is 1. The standard InChI is InChI=1S/C20H25N3O6S/c1-5-22(16-9-7-6-8-10-16)30(27,28)17-11-12-18(19(13-17)23(25)26)21(3)14-15(2)20(24)29-4/h6-13,15H,5,14H2,1-4H3. The Morgan fingerprint density at radius 2 is 1.83 bits per heavy atom. The fourth-order valence-electron chi connectivity index (χ4n) is 3.13. The number of nitrogens with zero attached hydrogens (tertiary/aromatic N) is 3. The van der Waals surface area contributed by atoms with Crippen molar-refractivity contribution in [2.45, 2.75) is 18.7 Å². The Labute approximate surface area is 176 Å². The van der Waals surface area contributed by atoms with Gasteiger partial charge in [-0.3, -0.25) is 19.2 Å². The molecule has 0 radical (unpaired) electrons. The zero-order chi connectivity index (χ0) is 22.5. The first-order chi connectivity index (χ1) is 14.1. The van der Waals surface area contributed by atoms with E-state index in [2.05, 4.69) is 4.74 Å². The van der Waals surface area contributed by atoms with Crippen LogP contribution in [0.4, 0.5) is 17.1 Å². The minimum atomic E-state index is -4.01. The number of anilines is 2. The number of carbonyl (C=O) groups excluding carboxylic acids is 1. The Hall–Kier alpha value is -3.14. The average molecular weight is 436 g/mol. The van der Waals surface area contributed by atoms with Crippen LogP contribution in [0.15, 0.2) is 53.4 Å². The Bertz CT molecular complexity index is 1010. The highest BCUT2D eigenvalue weighted by molar-refractivity contribution is 7.92. The number of carbonyl (C=O) groups is 1. The van der Waals surface area contributed by atoms with Gasteiger partial charge in [-0.2, -0.15) is 0 Å². The zero-order valence-corrected chi connectivity index (χ0v) is 18.1. The lowest BCUT2D eigenvalue weighted by Gasteiger charge is -2.24. The van der Waals surface area contributed by atoms with Crippen molar-refractivity contribution in [2.75, 3.05) is 36.5 Å². The molecule has 1 unspecified atom stereocenters. The molecule has 162 valence electrons. The monoisotopic (exact) mass is 435 g/mol. The summed E-state index contributed by atoms with van der Waals surface area (Å²) in [5.74, 6) is -0.957. The molecule has 0 N–H and O–H groups in total. The summed E-state index contributed by atoms with van der Waals surface area (Å²) in [4.78, 5) is 24.0. The van der Waals surface area contributed by atoms with E-state index >= 15 is 0 Å². The molecule has 0 heterocycles. The number of hydrogen-bond acceptors (Lipinski definition) is 7. The third-order valence-electron chi connectivity index (χ3n) is 4.63. The van der Waals surface area contributed by atoms with Gasteiger partial charge in [0.25, 0.3) is 15.7 Å². The summed E-state index contributed by atoms with van der Waals surface area (Å²) in [7, 11) is -1.14.